The summed E-state index contributed by atoms with van der Waals surface area (Å²) in [5.41, 5.74) is -0.641. The lowest BCUT2D eigenvalue weighted by atomic mass is 10.2. The highest BCUT2D eigenvalue weighted by Crippen LogP contribution is 2.12. The first-order valence-corrected chi connectivity index (χ1v) is 8.76. The van der Waals surface area contributed by atoms with Crippen LogP contribution in [0.3, 0.4) is 0 Å². The minimum atomic E-state index is -0.641. The maximum atomic E-state index is 11.8. The van der Waals surface area contributed by atoms with Gasteiger partial charge in [-0.2, -0.15) is 0 Å². The summed E-state index contributed by atoms with van der Waals surface area (Å²) < 4.78 is 9.76. The summed E-state index contributed by atoms with van der Waals surface area (Å²) in [5.74, 6) is -1.63. The van der Waals surface area contributed by atoms with Crippen molar-refractivity contribution in [1.82, 2.24) is 5.32 Å². The van der Waals surface area contributed by atoms with Crippen LogP contribution in [-0.2, 0) is 23.9 Å². The third-order valence-electron chi connectivity index (χ3n) is 2.80. The number of hydrogen-bond donors (Lipinski definition) is 1. The fraction of sp³-hybridized carbons (Fsp3) is 0.529. The van der Waals surface area contributed by atoms with Gasteiger partial charge in [-0.25, -0.2) is 4.79 Å². The van der Waals surface area contributed by atoms with Gasteiger partial charge in [-0.1, -0.05) is 6.07 Å². The van der Waals surface area contributed by atoms with Gasteiger partial charge in [-0.15, -0.1) is 11.3 Å². The molecule has 25 heavy (non-hydrogen) atoms. The number of thiophene rings is 1. The Bertz CT molecular complexity index is 603. The van der Waals surface area contributed by atoms with E-state index in [2.05, 4.69) is 5.32 Å². The lowest BCUT2D eigenvalue weighted by Gasteiger charge is -2.19. The topological polar surface area (TPSA) is 98.8 Å². The number of carbonyl (C=O) groups excluding carboxylic acids is 4. The van der Waals surface area contributed by atoms with Crippen molar-refractivity contribution >= 4 is 35.0 Å². The summed E-state index contributed by atoms with van der Waals surface area (Å²) in [6, 6.07) is 3.49. The SMILES string of the molecule is CC(C)(C)OC(=O)COC(=O)CCNC(=O)CCC(=O)c1cccs1. The van der Waals surface area contributed by atoms with Crippen LogP contribution in [0.1, 0.15) is 49.7 Å². The average molecular weight is 369 g/mol. The lowest BCUT2D eigenvalue weighted by molar-refractivity contribution is -0.166. The first-order valence-electron chi connectivity index (χ1n) is 7.88. The molecule has 1 aromatic heterocycles. The zero-order chi connectivity index (χ0) is 18.9. The number of nitrogens with one attached hydrogen (secondary N) is 1. The highest BCUT2D eigenvalue weighted by atomic mass is 32.1. The predicted molar refractivity (Wildman–Crippen MR) is 92.3 cm³/mol. The number of carbonyl (C=O) groups is 4. The molecular formula is C17H23NO6S. The minimum Gasteiger partial charge on any atom is -0.457 e. The van der Waals surface area contributed by atoms with E-state index >= 15 is 0 Å². The summed E-state index contributed by atoms with van der Waals surface area (Å²) in [7, 11) is 0. The number of amides is 1. The molecule has 1 N–H and O–H groups in total. The number of Topliss-reactive ketones (excluding diaryl/α,β-unsaturated/α-hetero) is 1. The molecule has 0 aliphatic carbocycles. The molecule has 0 bridgehead atoms. The molecule has 0 spiro atoms. The van der Waals surface area contributed by atoms with E-state index in [-0.39, 0.29) is 37.5 Å². The van der Waals surface area contributed by atoms with Gasteiger partial charge in [0, 0.05) is 19.4 Å². The molecule has 1 heterocycles. The maximum Gasteiger partial charge on any atom is 0.344 e. The third-order valence-corrected chi connectivity index (χ3v) is 3.71. The summed E-state index contributed by atoms with van der Waals surface area (Å²) in [4.78, 5) is 46.9. The Hall–Kier alpha value is -2.22. The molecule has 8 heteroatoms. The van der Waals surface area contributed by atoms with Crippen LogP contribution >= 0.6 is 11.3 Å². The van der Waals surface area contributed by atoms with Gasteiger partial charge in [0.05, 0.1) is 11.3 Å². The van der Waals surface area contributed by atoms with E-state index in [0.29, 0.717) is 4.88 Å². The molecule has 1 rings (SSSR count). The Labute approximate surface area is 150 Å². The van der Waals surface area contributed by atoms with Crippen molar-refractivity contribution in [3.63, 3.8) is 0 Å². The van der Waals surface area contributed by atoms with E-state index in [9.17, 15) is 19.2 Å². The van der Waals surface area contributed by atoms with Gasteiger partial charge in [-0.05, 0) is 32.2 Å². The third kappa shape index (κ3) is 9.61. The van der Waals surface area contributed by atoms with Crippen molar-refractivity contribution in [2.24, 2.45) is 0 Å². The fourth-order valence-electron chi connectivity index (χ4n) is 1.76. The number of esters is 2. The highest BCUT2D eigenvalue weighted by molar-refractivity contribution is 7.12. The molecule has 0 aliphatic rings. The molecule has 0 aromatic carbocycles. The van der Waals surface area contributed by atoms with Crippen molar-refractivity contribution in [3.05, 3.63) is 22.4 Å². The largest absolute Gasteiger partial charge is 0.457 e. The molecule has 0 atom stereocenters. The van der Waals surface area contributed by atoms with Crippen LogP contribution in [0.4, 0.5) is 0 Å². The number of ketones is 1. The average Bonchev–Trinajstić information content (AvgIpc) is 3.03. The van der Waals surface area contributed by atoms with Crippen LogP contribution in [-0.4, -0.2) is 42.4 Å². The summed E-state index contributed by atoms with van der Waals surface area (Å²) >= 11 is 1.34. The van der Waals surface area contributed by atoms with Crippen LogP contribution < -0.4 is 5.32 Å². The van der Waals surface area contributed by atoms with Crippen molar-refractivity contribution in [3.8, 4) is 0 Å². The van der Waals surface area contributed by atoms with Gasteiger partial charge in [0.1, 0.15) is 5.60 Å². The molecule has 1 aromatic rings. The standard InChI is InChI=1S/C17H23NO6S/c1-17(2,3)24-16(22)11-23-15(21)8-9-18-14(20)7-6-12(19)13-5-4-10-25-13/h4-5,10H,6-9,11H2,1-3H3,(H,18,20). The van der Waals surface area contributed by atoms with Gasteiger partial charge in [0.15, 0.2) is 12.4 Å². The molecular weight excluding hydrogens is 346 g/mol. The summed E-state index contributed by atoms with van der Waals surface area (Å²) in [6.45, 7) is 4.76. The highest BCUT2D eigenvalue weighted by Gasteiger charge is 2.17. The van der Waals surface area contributed by atoms with E-state index in [1.165, 1.54) is 11.3 Å². The van der Waals surface area contributed by atoms with E-state index in [0.717, 1.165) is 0 Å². The molecule has 0 saturated carbocycles. The smallest absolute Gasteiger partial charge is 0.344 e. The number of ether oxygens (including phenoxy) is 2. The number of hydrogen-bond acceptors (Lipinski definition) is 7. The first kappa shape index (κ1) is 20.8. The summed E-state index contributed by atoms with van der Waals surface area (Å²) in [5, 5.41) is 4.34. The van der Waals surface area contributed by atoms with Gasteiger partial charge in [-0.3, -0.25) is 14.4 Å². The number of rotatable bonds is 9. The quantitative estimate of drug-likeness (QED) is 0.529. The van der Waals surface area contributed by atoms with E-state index in [1.54, 1.807) is 38.3 Å². The molecule has 0 radical (unpaired) electrons. The Morgan fingerprint density at radius 3 is 2.40 bits per heavy atom. The lowest BCUT2D eigenvalue weighted by Crippen LogP contribution is -2.29. The van der Waals surface area contributed by atoms with Gasteiger partial charge in [0.2, 0.25) is 5.91 Å². The fourth-order valence-corrected chi connectivity index (χ4v) is 2.46. The Morgan fingerprint density at radius 1 is 1.08 bits per heavy atom. The maximum absolute atomic E-state index is 11.8. The van der Waals surface area contributed by atoms with Crippen LogP contribution in [0.15, 0.2) is 17.5 Å². The Kier molecular flexibility index (Phi) is 8.27. The van der Waals surface area contributed by atoms with E-state index in [4.69, 9.17) is 9.47 Å². The van der Waals surface area contributed by atoms with Gasteiger partial charge >= 0.3 is 11.9 Å². The van der Waals surface area contributed by atoms with Crippen LogP contribution in [0.25, 0.3) is 0 Å². The van der Waals surface area contributed by atoms with Crippen LogP contribution in [0, 0.1) is 0 Å². The van der Waals surface area contributed by atoms with Gasteiger partial charge < -0.3 is 14.8 Å². The minimum absolute atomic E-state index is 0.0592. The zero-order valence-electron chi connectivity index (χ0n) is 14.6. The molecule has 0 fully saturated rings. The summed E-state index contributed by atoms with van der Waals surface area (Å²) in [6.07, 6.45) is 0.118. The molecule has 1 amide bonds. The van der Waals surface area contributed by atoms with Crippen LogP contribution in [0.2, 0.25) is 0 Å². The Morgan fingerprint density at radius 2 is 1.80 bits per heavy atom. The van der Waals surface area contributed by atoms with Crippen LogP contribution in [0.5, 0.6) is 0 Å². The molecule has 7 nitrogen and oxygen atoms in total. The molecule has 138 valence electrons. The van der Waals surface area contributed by atoms with Gasteiger partial charge in [0.25, 0.3) is 0 Å². The molecule has 0 saturated heterocycles. The second kappa shape index (κ2) is 9.93. The van der Waals surface area contributed by atoms with E-state index in [1.807, 2.05) is 0 Å². The van der Waals surface area contributed by atoms with Crippen molar-refractivity contribution in [2.45, 2.75) is 45.6 Å². The van der Waals surface area contributed by atoms with Crippen molar-refractivity contribution in [2.75, 3.05) is 13.2 Å². The van der Waals surface area contributed by atoms with Crippen molar-refractivity contribution in [1.29, 1.82) is 0 Å². The second-order valence-electron chi connectivity index (χ2n) is 6.25. The molecule has 0 unspecified atom stereocenters. The van der Waals surface area contributed by atoms with E-state index < -0.39 is 24.1 Å². The zero-order valence-corrected chi connectivity index (χ0v) is 15.4. The predicted octanol–water partition coefficient (Wildman–Crippen LogP) is 2.10. The second-order valence-corrected chi connectivity index (χ2v) is 7.20. The Balaban J connectivity index is 2.13. The normalized spacial score (nSPS) is 10.8. The van der Waals surface area contributed by atoms with Crippen molar-refractivity contribution < 1.29 is 28.7 Å². The first-order chi connectivity index (χ1) is 11.7. The molecule has 0 aliphatic heterocycles. The monoisotopic (exact) mass is 369 g/mol.